The number of nitrogens with one attached hydrogen (secondary N) is 1. The van der Waals surface area contributed by atoms with Crippen molar-refractivity contribution in [2.45, 2.75) is 38.6 Å². The Morgan fingerprint density at radius 1 is 1.21 bits per heavy atom. The van der Waals surface area contributed by atoms with E-state index in [0.717, 1.165) is 63.5 Å². The predicted octanol–water partition coefficient (Wildman–Crippen LogP) is 2.42. The van der Waals surface area contributed by atoms with Crippen molar-refractivity contribution < 1.29 is 14.3 Å². The highest BCUT2D eigenvalue weighted by Gasteiger charge is 2.27. The summed E-state index contributed by atoms with van der Waals surface area (Å²) in [6.45, 7) is 4.78. The molecule has 0 bridgehead atoms. The van der Waals surface area contributed by atoms with E-state index >= 15 is 0 Å². The van der Waals surface area contributed by atoms with Crippen LogP contribution in [0, 0.1) is 5.92 Å². The van der Waals surface area contributed by atoms with E-state index < -0.39 is 0 Å². The van der Waals surface area contributed by atoms with Crippen LogP contribution in [0.4, 0.5) is 5.69 Å². The van der Waals surface area contributed by atoms with Gasteiger partial charge in [-0.15, -0.1) is 0 Å². The van der Waals surface area contributed by atoms with E-state index in [2.05, 4.69) is 19.9 Å². The average Bonchev–Trinajstić information content (AvgIpc) is 3.40. The van der Waals surface area contributed by atoms with Crippen molar-refractivity contribution in [2.75, 3.05) is 44.9 Å². The average molecular weight is 476 g/mol. The number of H-pyrrole nitrogens is 1. The largest absolute Gasteiger partial charge is 0.480 e. The van der Waals surface area contributed by atoms with Crippen molar-refractivity contribution in [3.8, 4) is 5.88 Å². The van der Waals surface area contributed by atoms with Crippen LogP contribution in [-0.4, -0.2) is 65.7 Å². The highest BCUT2D eigenvalue weighted by Crippen LogP contribution is 2.28. The molecule has 0 aromatic carbocycles. The SMILES string of the molecule is COc1ncc(N2CCc3nc[nH]c(=O)c3C2)cc1Cl.O=C(C1CCOCC1)N1CCCC1. The standard InChI is InChI=1S/C13H13ClN4O2.C10H17NO2/c1-20-13-10(14)4-8(5-15-13)18-3-2-11-9(6-18)12(19)17-7-16-11;12-10(11-5-1-2-6-11)9-3-7-13-8-4-9/h4-5,7H,2-3,6H2,1H3,(H,16,17,19);9H,1-8H2. The Morgan fingerprint density at radius 3 is 2.67 bits per heavy atom. The summed E-state index contributed by atoms with van der Waals surface area (Å²) >= 11 is 6.09. The highest BCUT2D eigenvalue weighted by molar-refractivity contribution is 6.32. The minimum Gasteiger partial charge on any atom is -0.480 e. The molecule has 3 aliphatic heterocycles. The number of aromatic nitrogens is 3. The normalized spacial score (nSPS) is 18.4. The topological polar surface area (TPSA) is 101 Å². The molecule has 1 N–H and O–H groups in total. The number of rotatable bonds is 3. The second kappa shape index (κ2) is 11.0. The number of pyridine rings is 1. The summed E-state index contributed by atoms with van der Waals surface area (Å²) in [5.74, 6) is 1.03. The number of hydrogen-bond acceptors (Lipinski definition) is 7. The maximum Gasteiger partial charge on any atom is 0.255 e. The second-order valence-electron chi connectivity index (χ2n) is 8.43. The van der Waals surface area contributed by atoms with Gasteiger partial charge in [-0.05, 0) is 31.7 Å². The molecule has 2 aromatic heterocycles. The highest BCUT2D eigenvalue weighted by atomic mass is 35.5. The van der Waals surface area contributed by atoms with Crippen LogP contribution in [0.5, 0.6) is 5.88 Å². The molecule has 2 fully saturated rings. The molecule has 178 valence electrons. The summed E-state index contributed by atoms with van der Waals surface area (Å²) in [5, 5.41) is 0.455. The first-order valence-corrected chi connectivity index (χ1v) is 11.8. The Hall–Kier alpha value is -2.65. The molecule has 0 radical (unpaired) electrons. The first-order valence-electron chi connectivity index (χ1n) is 11.4. The van der Waals surface area contributed by atoms with Crippen LogP contribution in [0.3, 0.4) is 0 Å². The van der Waals surface area contributed by atoms with Crippen molar-refractivity contribution in [1.82, 2.24) is 19.9 Å². The zero-order valence-electron chi connectivity index (χ0n) is 18.9. The van der Waals surface area contributed by atoms with Gasteiger partial charge in [0.1, 0.15) is 5.02 Å². The second-order valence-corrected chi connectivity index (χ2v) is 8.84. The number of likely N-dealkylation sites (tertiary alicyclic amines) is 1. The Bertz CT molecular complexity index is 1020. The number of nitrogens with zero attached hydrogens (tertiary/aromatic N) is 4. The lowest BCUT2D eigenvalue weighted by atomic mass is 9.99. The third kappa shape index (κ3) is 5.65. The van der Waals surface area contributed by atoms with Crippen LogP contribution in [0.15, 0.2) is 23.4 Å². The molecular formula is C23H30ClN5O4. The summed E-state index contributed by atoms with van der Waals surface area (Å²) in [5.41, 5.74) is 2.33. The zero-order chi connectivity index (χ0) is 23.2. The van der Waals surface area contributed by atoms with Crippen molar-refractivity contribution in [3.05, 3.63) is 45.2 Å². The summed E-state index contributed by atoms with van der Waals surface area (Å²) < 4.78 is 10.3. The molecule has 5 heterocycles. The van der Waals surface area contributed by atoms with Crippen LogP contribution in [-0.2, 0) is 22.5 Å². The molecule has 3 aliphatic rings. The van der Waals surface area contributed by atoms with Gasteiger partial charge in [0.25, 0.3) is 5.56 Å². The fourth-order valence-corrected chi connectivity index (χ4v) is 4.69. The van der Waals surface area contributed by atoms with Gasteiger partial charge in [0.05, 0.1) is 43.1 Å². The van der Waals surface area contributed by atoms with E-state index in [4.69, 9.17) is 21.1 Å². The Morgan fingerprint density at radius 2 is 1.97 bits per heavy atom. The third-order valence-electron chi connectivity index (χ3n) is 6.35. The minimum atomic E-state index is -0.0905. The number of aromatic amines is 1. The van der Waals surface area contributed by atoms with E-state index in [-0.39, 0.29) is 11.5 Å². The molecule has 0 atom stereocenters. The lowest BCUT2D eigenvalue weighted by molar-refractivity contribution is -0.137. The molecule has 9 nitrogen and oxygen atoms in total. The first-order chi connectivity index (χ1) is 16.1. The molecule has 0 unspecified atom stereocenters. The van der Waals surface area contributed by atoms with E-state index in [1.54, 1.807) is 12.3 Å². The van der Waals surface area contributed by atoms with Gasteiger partial charge in [-0.25, -0.2) is 9.97 Å². The third-order valence-corrected chi connectivity index (χ3v) is 6.62. The fourth-order valence-electron chi connectivity index (χ4n) is 4.45. The molecule has 2 saturated heterocycles. The minimum absolute atomic E-state index is 0.0905. The van der Waals surface area contributed by atoms with Gasteiger partial charge in [-0.2, -0.15) is 0 Å². The molecule has 0 saturated carbocycles. The molecule has 33 heavy (non-hydrogen) atoms. The van der Waals surface area contributed by atoms with Crippen LogP contribution < -0.4 is 15.2 Å². The van der Waals surface area contributed by atoms with E-state index in [9.17, 15) is 9.59 Å². The summed E-state index contributed by atoms with van der Waals surface area (Å²) in [6.07, 6.45) is 8.10. The monoisotopic (exact) mass is 475 g/mol. The Balaban J connectivity index is 0.000000172. The quantitative estimate of drug-likeness (QED) is 0.727. The maximum atomic E-state index is 11.9. The van der Waals surface area contributed by atoms with Crippen LogP contribution in [0.2, 0.25) is 5.02 Å². The van der Waals surface area contributed by atoms with Crippen LogP contribution in [0.25, 0.3) is 0 Å². The van der Waals surface area contributed by atoms with Gasteiger partial charge >= 0.3 is 0 Å². The molecule has 10 heteroatoms. The Kier molecular flexibility index (Phi) is 7.82. The number of hydrogen-bond donors (Lipinski definition) is 1. The number of halogens is 1. The number of carbonyl (C=O) groups is 1. The number of amides is 1. The molecule has 0 spiro atoms. The Labute approximate surface area is 198 Å². The van der Waals surface area contributed by atoms with Crippen LogP contribution >= 0.6 is 11.6 Å². The number of methoxy groups -OCH3 is 1. The number of ether oxygens (including phenoxy) is 2. The zero-order valence-corrected chi connectivity index (χ0v) is 19.6. The predicted molar refractivity (Wildman–Crippen MR) is 125 cm³/mol. The van der Waals surface area contributed by atoms with E-state index in [1.807, 2.05) is 4.90 Å². The first kappa shape index (κ1) is 23.5. The lowest BCUT2D eigenvalue weighted by Crippen LogP contribution is -2.36. The number of fused-ring (bicyclic) bond motifs is 1. The van der Waals surface area contributed by atoms with Crippen molar-refractivity contribution in [3.63, 3.8) is 0 Å². The van der Waals surface area contributed by atoms with E-state index in [0.29, 0.717) is 28.9 Å². The van der Waals surface area contributed by atoms with Gasteiger partial charge < -0.3 is 24.3 Å². The molecule has 1 amide bonds. The fraction of sp³-hybridized carbons (Fsp3) is 0.565. The summed E-state index contributed by atoms with van der Waals surface area (Å²) in [6, 6.07) is 1.79. The van der Waals surface area contributed by atoms with Gasteiger partial charge in [0, 0.05) is 45.2 Å². The van der Waals surface area contributed by atoms with Gasteiger partial charge in [-0.3, -0.25) is 9.59 Å². The molecule has 5 rings (SSSR count). The van der Waals surface area contributed by atoms with Gasteiger partial charge in [0.15, 0.2) is 0 Å². The summed E-state index contributed by atoms with van der Waals surface area (Å²) in [7, 11) is 1.52. The van der Waals surface area contributed by atoms with Gasteiger partial charge in [0.2, 0.25) is 11.8 Å². The van der Waals surface area contributed by atoms with Gasteiger partial charge in [-0.1, -0.05) is 11.6 Å². The number of carbonyl (C=O) groups excluding carboxylic acids is 1. The van der Waals surface area contributed by atoms with E-state index in [1.165, 1.54) is 26.3 Å². The van der Waals surface area contributed by atoms with Crippen LogP contribution in [0.1, 0.15) is 36.9 Å². The molecule has 2 aromatic rings. The maximum absolute atomic E-state index is 11.9. The smallest absolute Gasteiger partial charge is 0.255 e. The van der Waals surface area contributed by atoms with Crippen molar-refractivity contribution in [1.29, 1.82) is 0 Å². The molecule has 0 aliphatic carbocycles. The lowest BCUT2D eigenvalue weighted by Gasteiger charge is -2.29. The molecular weight excluding hydrogens is 446 g/mol. The van der Waals surface area contributed by atoms with Crippen molar-refractivity contribution >= 4 is 23.2 Å². The summed E-state index contributed by atoms with van der Waals surface area (Å²) in [4.78, 5) is 38.7. The van der Waals surface area contributed by atoms with Crippen molar-refractivity contribution in [2.24, 2.45) is 5.92 Å². The number of anilines is 1.